The number of nitrogens with one attached hydrogen (secondary N) is 1. The second-order valence-corrected chi connectivity index (χ2v) is 2.68. The Morgan fingerprint density at radius 3 is 2.13 bits per heavy atom. The van der Waals surface area contributed by atoms with Crippen LogP contribution in [0.2, 0.25) is 0 Å². The van der Waals surface area contributed by atoms with Crippen LogP contribution < -0.4 is 5.32 Å². The minimum Gasteiger partial charge on any atom is -0.388 e. The largest absolute Gasteiger partial charge is 0.388 e. The second kappa shape index (κ2) is 10.6. The van der Waals surface area contributed by atoms with Gasteiger partial charge < -0.3 is 5.32 Å². The highest BCUT2D eigenvalue weighted by atomic mass is 14.8. The molecule has 84 valence electrons. The third-order valence-electron chi connectivity index (χ3n) is 1.75. The number of rotatable bonds is 3. The Morgan fingerprint density at radius 1 is 1.20 bits per heavy atom. The first-order valence-electron chi connectivity index (χ1n) is 4.81. The molecule has 0 radical (unpaired) electrons. The Labute approximate surface area is 94.5 Å². The minimum absolute atomic E-state index is 0. The van der Waals surface area contributed by atoms with Crippen molar-refractivity contribution in [2.75, 3.05) is 12.4 Å². The van der Waals surface area contributed by atoms with Gasteiger partial charge in [-0.3, -0.25) is 0 Å². The van der Waals surface area contributed by atoms with Gasteiger partial charge >= 0.3 is 0 Å². The summed E-state index contributed by atoms with van der Waals surface area (Å²) in [6.07, 6.45) is 5.39. The van der Waals surface area contributed by atoms with Crippen molar-refractivity contribution in [2.24, 2.45) is 0 Å². The summed E-state index contributed by atoms with van der Waals surface area (Å²) >= 11 is 0. The molecule has 0 fully saturated rings. The Balaban J connectivity index is 0. The van der Waals surface area contributed by atoms with E-state index in [0.717, 1.165) is 12.1 Å². The highest BCUT2D eigenvalue weighted by Gasteiger charge is 1.86. The average Bonchev–Trinajstić information content (AvgIpc) is 2.30. The van der Waals surface area contributed by atoms with Crippen LogP contribution in [-0.4, -0.2) is 7.05 Å². The molecule has 0 aliphatic rings. The van der Waals surface area contributed by atoms with Crippen LogP contribution >= 0.6 is 0 Å². The zero-order chi connectivity index (χ0) is 10.8. The van der Waals surface area contributed by atoms with Crippen LogP contribution in [0.4, 0.5) is 5.69 Å². The lowest BCUT2D eigenvalue weighted by Crippen LogP contribution is -1.86. The van der Waals surface area contributed by atoms with Gasteiger partial charge in [0.05, 0.1) is 0 Å². The molecule has 1 heteroatoms. The minimum atomic E-state index is 0. The quantitative estimate of drug-likeness (QED) is 0.712. The molecule has 0 atom stereocenters. The molecule has 0 aromatic heterocycles. The van der Waals surface area contributed by atoms with Crippen LogP contribution in [0.25, 0.3) is 6.08 Å². The molecule has 1 nitrogen and oxygen atoms in total. The molecule has 0 unspecified atom stereocenters. The van der Waals surface area contributed by atoms with Gasteiger partial charge in [0, 0.05) is 12.7 Å². The smallest absolute Gasteiger partial charge is 0.0337 e. The number of allylic oxidation sites excluding steroid dienone is 1. The maximum Gasteiger partial charge on any atom is 0.0337 e. The predicted octanol–water partition coefficient (Wildman–Crippen LogP) is 4.59. The summed E-state index contributed by atoms with van der Waals surface area (Å²) in [5, 5.41) is 3.09. The van der Waals surface area contributed by atoms with Gasteiger partial charge in [-0.2, -0.15) is 0 Å². The topological polar surface area (TPSA) is 12.0 Å². The van der Waals surface area contributed by atoms with Crippen LogP contribution in [0, 0.1) is 0 Å². The molecule has 0 heterocycles. The monoisotopic (exact) mass is 205 g/mol. The van der Waals surface area contributed by atoms with Gasteiger partial charge in [0.2, 0.25) is 0 Å². The summed E-state index contributed by atoms with van der Waals surface area (Å²) in [6, 6.07) is 8.38. The summed E-state index contributed by atoms with van der Waals surface area (Å²) in [4.78, 5) is 0. The molecular weight excluding hydrogens is 182 g/mol. The Hall–Kier alpha value is -1.50. The summed E-state index contributed by atoms with van der Waals surface area (Å²) in [5.41, 5.74) is 2.42. The zero-order valence-corrected chi connectivity index (χ0v) is 9.09. The summed E-state index contributed by atoms with van der Waals surface area (Å²) in [5.74, 6) is 0. The fourth-order valence-corrected chi connectivity index (χ4v) is 1.01. The molecule has 0 saturated heterocycles. The molecule has 0 aliphatic carbocycles. The third-order valence-corrected chi connectivity index (χ3v) is 1.75. The van der Waals surface area contributed by atoms with Crippen molar-refractivity contribution in [3.63, 3.8) is 0 Å². The number of anilines is 1. The predicted molar refractivity (Wildman–Crippen MR) is 73.3 cm³/mol. The molecule has 0 bridgehead atoms. The number of benzene rings is 1. The van der Waals surface area contributed by atoms with Crippen LogP contribution in [-0.2, 0) is 0 Å². The molecule has 0 spiro atoms. The standard InChI is InChI=1S/C11H15N.C2H4.CH4/c1-3-4-5-10-6-8-11(12-2)9-7-10;1-2;/h4-9,12H,3H2,1-2H3;1-2H2;1H4/b5-4-;;. The molecule has 0 amide bonds. The fourth-order valence-electron chi connectivity index (χ4n) is 1.01. The normalized spacial score (nSPS) is 8.67. The molecule has 15 heavy (non-hydrogen) atoms. The number of hydrogen-bond donors (Lipinski definition) is 1. The second-order valence-electron chi connectivity index (χ2n) is 2.68. The van der Waals surface area contributed by atoms with Crippen molar-refractivity contribution >= 4 is 11.8 Å². The maximum atomic E-state index is 3.09. The van der Waals surface area contributed by atoms with E-state index < -0.39 is 0 Å². The lowest BCUT2D eigenvalue weighted by molar-refractivity contribution is 1.23. The van der Waals surface area contributed by atoms with E-state index in [4.69, 9.17) is 0 Å². The van der Waals surface area contributed by atoms with Crippen molar-refractivity contribution in [1.82, 2.24) is 0 Å². The van der Waals surface area contributed by atoms with Crippen molar-refractivity contribution in [2.45, 2.75) is 20.8 Å². The maximum absolute atomic E-state index is 3.09. The first kappa shape index (κ1) is 15.9. The molecule has 0 aliphatic heterocycles. The van der Waals surface area contributed by atoms with E-state index in [1.807, 2.05) is 7.05 Å². The van der Waals surface area contributed by atoms with Gasteiger partial charge in [-0.15, -0.1) is 13.2 Å². The molecule has 1 aromatic carbocycles. The van der Waals surface area contributed by atoms with Gasteiger partial charge in [-0.1, -0.05) is 38.6 Å². The Bertz CT molecular complexity index is 259. The zero-order valence-electron chi connectivity index (χ0n) is 9.09. The summed E-state index contributed by atoms with van der Waals surface area (Å²) in [6.45, 7) is 8.14. The lowest BCUT2D eigenvalue weighted by atomic mass is 10.2. The van der Waals surface area contributed by atoms with Gasteiger partial charge in [0.1, 0.15) is 0 Å². The molecule has 0 saturated carbocycles. The first-order valence-corrected chi connectivity index (χ1v) is 4.81. The van der Waals surface area contributed by atoms with Gasteiger partial charge in [0.15, 0.2) is 0 Å². The first-order chi connectivity index (χ1) is 6.86. The highest BCUT2D eigenvalue weighted by Crippen LogP contribution is 2.09. The molecular formula is C14H23N. The lowest BCUT2D eigenvalue weighted by Gasteiger charge is -1.98. The van der Waals surface area contributed by atoms with E-state index in [-0.39, 0.29) is 7.43 Å². The summed E-state index contributed by atoms with van der Waals surface area (Å²) in [7, 11) is 1.93. The van der Waals surface area contributed by atoms with Crippen LogP contribution in [0.3, 0.4) is 0 Å². The molecule has 1 rings (SSSR count). The van der Waals surface area contributed by atoms with Gasteiger partial charge in [0.25, 0.3) is 0 Å². The fraction of sp³-hybridized carbons (Fsp3) is 0.286. The van der Waals surface area contributed by atoms with Crippen LogP contribution in [0.15, 0.2) is 43.5 Å². The number of hydrogen-bond acceptors (Lipinski definition) is 1. The van der Waals surface area contributed by atoms with Crippen molar-refractivity contribution < 1.29 is 0 Å². The van der Waals surface area contributed by atoms with Crippen molar-refractivity contribution in [3.8, 4) is 0 Å². The van der Waals surface area contributed by atoms with Gasteiger partial charge in [-0.05, 0) is 24.1 Å². The third kappa shape index (κ3) is 6.55. The average molecular weight is 205 g/mol. The van der Waals surface area contributed by atoms with Crippen LogP contribution in [0.1, 0.15) is 26.3 Å². The SMILES string of the molecule is C.C=C.CC/C=C\c1ccc(NC)cc1. The van der Waals surface area contributed by atoms with E-state index >= 15 is 0 Å². The van der Waals surface area contributed by atoms with E-state index in [9.17, 15) is 0 Å². The molecule has 1 N–H and O–H groups in total. The highest BCUT2D eigenvalue weighted by molar-refractivity contribution is 5.54. The van der Waals surface area contributed by atoms with E-state index in [1.54, 1.807) is 0 Å². The van der Waals surface area contributed by atoms with E-state index in [2.05, 4.69) is 61.8 Å². The molecule has 1 aromatic rings. The van der Waals surface area contributed by atoms with Crippen LogP contribution in [0.5, 0.6) is 0 Å². The van der Waals surface area contributed by atoms with Gasteiger partial charge in [-0.25, -0.2) is 0 Å². The Morgan fingerprint density at radius 2 is 1.73 bits per heavy atom. The van der Waals surface area contributed by atoms with Crippen molar-refractivity contribution in [1.29, 1.82) is 0 Å². The van der Waals surface area contributed by atoms with E-state index in [1.165, 1.54) is 5.56 Å². The Kier molecular flexibility index (Phi) is 11.2. The van der Waals surface area contributed by atoms with E-state index in [0.29, 0.717) is 0 Å². The summed E-state index contributed by atoms with van der Waals surface area (Å²) < 4.78 is 0. The van der Waals surface area contributed by atoms with Crippen molar-refractivity contribution in [3.05, 3.63) is 49.1 Å².